The number of fused-ring (bicyclic) bond motifs is 5. The summed E-state index contributed by atoms with van der Waals surface area (Å²) in [6, 6.07) is 0. The van der Waals surface area contributed by atoms with Gasteiger partial charge in [0.2, 0.25) is 0 Å². The summed E-state index contributed by atoms with van der Waals surface area (Å²) < 4.78 is 5.84. The Morgan fingerprint density at radius 2 is 2.13 bits per heavy atom. The van der Waals surface area contributed by atoms with E-state index in [0.29, 0.717) is 6.42 Å². The average Bonchev–Trinajstić information content (AvgIpc) is 2.91. The van der Waals surface area contributed by atoms with Crippen LogP contribution in [0, 0.1) is 23.2 Å². The quantitative estimate of drug-likeness (QED) is 0.518. The number of esters is 1. The Hall–Kier alpha value is -1.05. The van der Waals surface area contributed by atoms with E-state index in [1.807, 2.05) is 6.92 Å². The number of carbonyl (C=O) groups excluding carboxylic acids is 1. The van der Waals surface area contributed by atoms with Crippen LogP contribution < -0.4 is 0 Å². The van der Waals surface area contributed by atoms with Crippen LogP contribution in [0.3, 0.4) is 0 Å². The highest BCUT2D eigenvalue weighted by Crippen LogP contribution is 2.60. The number of rotatable bonds is 2. The fourth-order valence-corrected chi connectivity index (χ4v) is 6.01. The van der Waals surface area contributed by atoms with Crippen molar-refractivity contribution in [3.63, 3.8) is 0 Å². The molecular formula is C21H30O2. The molecule has 0 aromatic rings. The first-order valence-corrected chi connectivity index (χ1v) is 9.72. The first kappa shape index (κ1) is 15.5. The van der Waals surface area contributed by atoms with Crippen molar-refractivity contribution in [2.75, 3.05) is 0 Å². The Morgan fingerprint density at radius 1 is 1.26 bits per heavy atom. The van der Waals surface area contributed by atoms with Crippen LogP contribution in [0.15, 0.2) is 23.3 Å². The maximum atomic E-state index is 11.8. The molecular weight excluding hydrogens is 284 g/mol. The van der Waals surface area contributed by atoms with Crippen LogP contribution in [0.5, 0.6) is 0 Å². The fourth-order valence-electron chi connectivity index (χ4n) is 6.01. The van der Waals surface area contributed by atoms with E-state index in [9.17, 15) is 4.79 Å². The maximum Gasteiger partial charge on any atom is 0.305 e. The van der Waals surface area contributed by atoms with Crippen molar-refractivity contribution in [1.29, 1.82) is 0 Å². The molecule has 126 valence electrons. The predicted octanol–water partition coefficient (Wildman–Crippen LogP) is 5.19. The van der Waals surface area contributed by atoms with Crippen molar-refractivity contribution >= 4 is 5.97 Å². The Bertz CT molecular complexity index is 558. The topological polar surface area (TPSA) is 26.3 Å². The number of hydrogen-bond acceptors (Lipinski definition) is 2. The number of hydrogen-bond donors (Lipinski definition) is 0. The minimum absolute atomic E-state index is 0.0206. The van der Waals surface area contributed by atoms with Crippen LogP contribution in [-0.4, -0.2) is 12.1 Å². The van der Waals surface area contributed by atoms with Gasteiger partial charge in [0.25, 0.3) is 0 Å². The van der Waals surface area contributed by atoms with E-state index in [-0.39, 0.29) is 17.5 Å². The van der Waals surface area contributed by atoms with Gasteiger partial charge in [-0.3, -0.25) is 4.79 Å². The molecule has 0 saturated heterocycles. The van der Waals surface area contributed by atoms with Crippen LogP contribution in [-0.2, 0) is 9.53 Å². The summed E-state index contributed by atoms with van der Waals surface area (Å²) in [5.74, 6) is 2.21. The van der Waals surface area contributed by atoms with Gasteiger partial charge in [-0.1, -0.05) is 37.1 Å². The summed E-state index contributed by atoms with van der Waals surface area (Å²) in [5, 5.41) is 0. The maximum absolute atomic E-state index is 11.8. The molecule has 0 N–H and O–H groups in total. The van der Waals surface area contributed by atoms with Gasteiger partial charge in [-0.15, -0.1) is 0 Å². The Kier molecular flexibility index (Phi) is 3.90. The average molecular weight is 314 g/mol. The first-order valence-electron chi connectivity index (χ1n) is 9.72. The molecule has 0 bridgehead atoms. The molecule has 2 saturated carbocycles. The second kappa shape index (κ2) is 5.79. The van der Waals surface area contributed by atoms with E-state index < -0.39 is 0 Å². The minimum atomic E-state index is -0.0206. The summed E-state index contributed by atoms with van der Waals surface area (Å²) in [6.07, 6.45) is 15.8. The summed E-state index contributed by atoms with van der Waals surface area (Å²) in [7, 11) is 0. The van der Waals surface area contributed by atoms with E-state index in [2.05, 4.69) is 19.1 Å². The summed E-state index contributed by atoms with van der Waals surface area (Å²) >= 11 is 0. The molecule has 0 spiro atoms. The van der Waals surface area contributed by atoms with Crippen molar-refractivity contribution in [3.05, 3.63) is 23.3 Å². The zero-order valence-corrected chi connectivity index (χ0v) is 14.6. The lowest BCUT2D eigenvalue weighted by Gasteiger charge is -2.49. The Morgan fingerprint density at radius 3 is 2.96 bits per heavy atom. The van der Waals surface area contributed by atoms with Crippen molar-refractivity contribution in [2.24, 2.45) is 23.2 Å². The molecule has 0 aliphatic heterocycles. The lowest BCUT2D eigenvalue weighted by Crippen LogP contribution is -2.43. The van der Waals surface area contributed by atoms with Gasteiger partial charge >= 0.3 is 5.97 Å². The van der Waals surface area contributed by atoms with Gasteiger partial charge in [-0.25, -0.2) is 0 Å². The summed E-state index contributed by atoms with van der Waals surface area (Å²) in [4.78, 5) is 11.8. The SMILES string of the molecule is CCC(=O)O[C@H]1CC[C@H]2[C@@H]3CCC4=CCCC[C@@H]4C3=CC[C@]12C. The van der Waals surface area contributed by atoms with E-state index in [1.165, 1.54) is 38.5 Å². The van der Waals surface area contributed by atoms with Crippen LogP contribution in [0.1, 0.15) is 71.6 Å². The third kappa shape index (κ3) is 2.40. The van der Waals surface area contributed by atoms with E-state index in [1.54, 1.807) is 11.1 Å². The van der Waals surface area contributed by atoms with Crippen molar-refractivity contribution in [3.8, 4) is 0 Å². The van der Waals surface area contributed by atoms with Gasteiger partial charge in [0.05, 0.1) is 0 Å². The third-order valence-corrected chi connectivity index (χ3v) is 7.27. The first-order chi connectivity index (χ1) is 11.1. The highest BCUT2D eigenvalue weighted by Gasteiger charge is 2.54. The molecule has 4 rings (SSSR count). The minimum Gasteiger partial charge on any atom is -0.462 e. The third-order valence-electron chi connectivity index (χ3n) is 7.27. The van der Waals surface area contributed by atoms with Crippen LogP contribution in [0.2, 0.25) is 0 Å². The Labute approximate surface area is 140 Å². The van der Waals surface area contributed by atoms with Gasteiger partial charge in [-0.05, 0) is 63.2 Å². The molecule has 23 heavy (non-hydrogen) atoms. The highest BCUT2D eigenvalue weighted by atomic mass is 16.5. The standard InChI is InChI=1S/C21H30O2/c1-3-20(22)23-19-11-10-18-17-9-8-14-6-4-5-7-15(14)16(17)12-13-21(18,19)2/h6,12,15,17-19H,3-5,7-11,13H2,1-2H3/t15-,17+,18-,19-,21-/m0/s1. The van der Waals surface area contributed by atoms with Crippen molar-refractivity contribution in [2.45, 2.75) is 77.7 Å². The smallest absolute Gasteiger partial charge is 0.305 e. The Balaban J connectivity index is 1.60. The van der Waals surface area contributed by atoms with Crippen molar-refractivity contribution < 1.29 is 9.53 Å². The molecule has 0 aromatic heterocycles. The highest BCUT2D eigenvalue weighted by molar-refractivity contribution is 5.69. The molecule has 0 unspecified atom stereocenters. The summed E-state index contributed by atoms with van der Waals surface area (Å²) in [6.45, 7) is 4.28. The molecule has 2 fully saturated rings. The monoisotopic (exact) mass is 314 g/mol. The summed E-state index contributed by atoms with van der Waals surface area (Å²) in [5.41, 5.74) is 3.66. The number of ether oxygens (including phenoxy) is 1. The lowest BCUT2D eigenvalue weighted by atomic mass is 9.57. The molecule has 0 aromatic carbocycles. The zero-order valence-electron chi connectivity index (χ0n) is 14.6. The van der Waals surface area contributed by atoms with Gasteiger partial charge in [0.1, 0.15) is 6.10 Å². The molecule has 0 amide bonds. The molecule has 2 nitrogen and oxygen atoms in total. The van der Waals surface area contributed by atoms with Crippen LogP contribution in [0.25, 0.3) is 0 Å². The van der Waals surface area contributed by atoms with Crippen LogP contribution in [0.4, 0.5) is 0 Å². The molecule has 4 aliphatic rings. The predicted molar refractivity (Wildman–Crippen MR) is 91.9 cm³/mol. The van der Waals surface area contributed by atoms with Gasteiger partial charge in [-0.2, -0.15) is 0 Å². The van der Waals surface area contributed by atoms with E-state index in [4.69, 9.17) is 4.74 Å². The fraction of sp³-hybridized carbons (Fsp3) is 0.762. The van der Waals surface area contributed by atoms with Crippen molar-refractivity contribution in [1.82, 2.24) is 0 Å². The number of carbonyl (C=O) groups is 1. The lowest BCUT2D eigenvalue weighted by molar-refractivity contribution is -0.155. The van der Waals surface area contributed by atoms with Gasteiger partial charge in [0, 0.05) is 17.8 Å². The molecule has 5 atom stereocenters. The number of allylic oxidation sites excluding steroid dienone is 4. The second-order valence-corrected chi connectivity index (χ2v) is 8.34. The van der Waals surface area contributed by atoms with Crippen LogP contribution >= 0.6 is 0 Å². The van der Waals surface area contributed by atoms with Gasteiger partial charge in [0.15, 0.2) is 0 Å². The molecule has 2 heteroatoms. The molecule has 0 radical (unpaired) electrons. The molecule has 4 aliphatic carbocycles. The molecule has 0 heterocycles. The van der Waals surface area contributed by atoms with Gasteiger partial charge < -0.3 is 4.74 Å². The van der Waals surface area contributed by atoms with E-state index in [0.717, 1.165) is 30.6 Å². The normalized spacial score (nSPS) is 42.0. The second-order valence-electron chi connectivity index (χ2n) is 8.34. The zero-order chi connectivity index (χ0) is 16.0. The van der Waals surface area contributed by atoms with E-state index >= 15 is 0 Å². The largest absolute Gasteiger partial charge is 0.462 e.